The van der Waals surface area contributed by atoms with Gasteiger partial charge in [0.2, 0.25) is 0 Å². The minimum atomic E-state index is 0. The molecule has 1 N–H and O–H groups in total. The molecule has 1 aliphatic heterocycles. The molecule has 1 atom stereocenters. The maximum Gasteiger partial charge on any atom is 0.264 e. The zero-order chi connectivity index (χ0) is 17.1. The Morgan fingerprint density at radius 3 is 2.88 bits per heavy atom. The molecule has 2 aliphatic rings. The summed E-state index contributed by atoms with van der Waals surface area (Å²) in [4.78, 5) is 21.9. The molecule has 4 rings (SSSR count). The van der Waals surface area contributed by atoms with Crippen LogP contribution in [0, 0.1) is 0 Å². The molecule has 0 aromatic carbocycles. The van der Waals surface area contributed by atoms with Gasteiger partial charge in [-0.1, -0.05) is 18.9 Å². The summed E-state index contributed by atoms with van der Waals surface area (Å²) in [6, 6.07) is 6.26. The topological polar surface area (TPSA) is 45.2 Å². The first-order valence-electron chi connectivity index (χ1n) is 9.36. The highest BCUT2D eigenvalue weighted by atomic mass is 35.5. The number of hydrogen-bond donors (Lipinski definition) is 1. The van der Waals surface area contributed by atoms with Gasteiger partial charge in [-0.2, -0.15) is 0 Å². The first-order valence-corrected chi connectivity index (χ1v) is 10.2. The van der Waals surface area contributed by atoms with E-state index in [1.807, 2.05) is 17.2 Å². The van der Waals surface area contributed by atoms with Gasteiger partial charge in [0.05, 0.1) is 10.9 Å². The maximum atomic E-state index is 13.3. The van der Waals surface area contributed by atoms with Gasteiger partial charge in [-0.25, -0.2) is 0 Å². The number of nitrogens with zero attached hydrogens (tertiary/aromatic N) is 2. The minimum Gasteiger partial charge on any atom is -0.328 e. The number of piperazine rings is 1. The summed E-state index contributed by atoms with van der Waals surface area (Å²) < 4.78 is 0. The molecule has 1 saturated heterocycles. The zero-order valence-corrected chi connectivity index (χ0v) is 16.6. The van der Waals surface area contributed by atoms with Crippen molar-refractivity contribution in [1.29, 1.82) is 0 Å². The highest BCUT2D eigenvalue weighted by Crippen LogP contribution is 2.31. The predicted octanol–water partition coefficient (Wildman–Crippen LogP) is 4.01. The fourth-order valence-electron chi connectivity index (χ4n) is 3.91. The summed E-state index contributed by atoms with van der Waals surface area (Å²) in [5, 5.41) is 3.42. The SMILES string of the molecule is Cl.O=C(c1cc2c(s1)CCCCCC2)N1CCNCC1c1cccnc1. The number of rotatable bonds is 2. The van der Waals surface area contributed by atoms with Crippen LogP contribution >= 0.6 is 23.7 Å². The van der Waals surface area contributed by atoms with Crippen molar-refractivity contribution in [2.45, 2.75) is 44.6 Å². The van der Waals surface area contributed by atoms with E-state index in [0.717, 1.165) is 42.9 Å². The Hall–Kier alpha value is -1.43. The molecular weight excluding hydrogens is 366 g/mol. The van der Waals surface area contributed by atoms with E-state index in [1.165, 1.54) is 36.1 Å². The molecule has 1 unspecified atom stereocenters. The van der Waals surface area contributed by atoms with Crippen molar-refractivity contribution in [3.63, 3.8) is 0 Å². The molecule has 1 fully saturated rings. The van der Waals surface area contributed by atoms with Crippen molar-refractivity contribution < 1.29 is 4.79 Å². The number of thiophene rings is 1. The molecular formula is C20H26ClN3OS. The third-order valence-electron chi connectivity index (χ3n) is 5.28. The van der Waals surface area contributed by atoms with E-state index in [9.17, 15) is 4.79 Å². The molecule has 1 amide bonds. The lowest BCUT2D eigenvalue weighted by molar-refractivity contribution is 0.0639. The van der Waals surface area contributed by atoms with Crippen molar-refractivity contribution >= 4 is 29.7 Å². The number of nitrogens with one attached hydrogen (secondary N) is 1. The fourth-order valence-corrected chi connectivity index (χ4v) is 5.12. The number of amides is 1. The Bertz CT molecular complexity index is 708. The first kappa shape index (κ1) is 19.3. The standard InChI is InChI=1S/C20H25N3OS.ClH/c24-20(19-12-15-6-3-1-2-4-8-18(15)25-19)23-11-10-22-14-17(23)16-7-5-9-21-13-16;/h5,7,9,12-13,17,22H,1-4,6,8,10-11,14H2;1H. The molecule has 140 valence electrons. The van der Waals surface area contributed by atoms with Crippen molar-refractivity contribution in [3.8, 4) is 0 Å². The lowest BCUT2D eigenvalue weighted by Gasteiger charge is -2.36. The average Bonchev–Trinajstić information content (AvgIpc) is 3.04. The number of carbonyl (C=O) groups excluding carboxylic acids is 1. The van der Waals surface area contributed by atoms with Gasteiger partial charge in [0.1, 0.15) is 0 Å². The summed E-state index contributed by atoms with van der Waals surface area (Å²) in [5.74, 6) is 0.187. The third-order valence-corrected chi connectivity index (χ3v) is 6.51. The van der Waals surface area contributed by atoms with Crippen LogP contribution in [0.5, 0.6) is 0 Å². The molecule has 2 aromatic heterocycles. The summed E-state index contributed by atoms with van der Waals surface area (Å²) in [6.07, 6.45) is 11.1. The van der Waals surface area contributed by atoms with Crippen LogP contribution < -0.4 is 5.32 Å². The van der Waals surface area contributed by atoms with Crippen LogP contribution in [0.15, 0.2) is 30.6 Å². The van der Waals surface area contributed by atoms with Crippen molar-refractivity contribution in [2.75, 3.05) is 19.6 Å². The molecule has 0 spiro atoms. The van der Waals surface area contributed by atoms with Crippen LogP contribution in [0.25, 0.3) is 0 Å². The second-order valence-corrected chi connectivity index (χ2v) is 8.11. The molecule has 26 heavy (non-hydrogen) atoms. The van der Waals surface area contributed by atoms with Crippen LogP contribution in [-0.4, -0.2) is 35.4 Å². The van der Waals surface area contributed by atoms with Crippen molar-refractivity contribution in [3.05, 3.63) is 51.5 Å². The Morgan fingerprint density at radius 2 is 2.08 bits per heavy atom. The molecule has 0 saturated carbocycles. The molecule has 4 nitrogen and oxygen atoms in total. The number of hydrogen-bond acceptors (Lipinski definition) is 4. The van der Waals surface area contributed by atoms with E-state index in [1.54, 1.807) is 17.5 Å². The van der Waals surface area contributed by atoms with Gasteiger partial charge in [0, 0.05) is 36.9 Å². The number of fused-ring (bicyclic) bond motifs is 1. The Balaban J connectivity index is 0.00000196. The van der Waals surface area contributed by atoms with Gasteiger partial charge in [-0.15, -0.1) is 23.7 Å². The Labute approximate surface area is 165 Å². The largest absolute Gasteiger partial charge is 0.328 e. The molecule has 2 aromatic rings. The summed E-state index contributed by atoms with van der Waals surface area (Å²) in [6.45, 7) is 2.40. The van der Waals surface area contributed by atoms with Crippen LogP contribution in [0.1, 0.15) is 57.4 Å². The fraction of sp³-hybridized carbons (Fsp3) is 0.500. The summed E-state index contributed by atoms with van der Waals surface area (Å²) in [7, 11) is 0. The van der Waals surface area contributed by atoms with Gasteiger partial charge < -0.3 is 10.2 Å². The minimum absolute atomic E-state index is 0. The second-order valence-electron chi connectivity index (χ2n) is 6.98. The smallest absolute Gasteiger partial charge is 0.264 e. The molecule has 3 heterocycles. The van der Waals surface area contributed by atoms with E-state index in [4.69, 9.17) is 0 Å². The summed E-state index contributed by atoms with van der Waals surface area (Å²) >= 11 is 1.73. The average molecular weight is 392 g/mol. The van der Waals surface area contributed by atoms with Crippen LogP contribution in [0.2, 0.25) is 0 Å². The van der Waals surface area contributed by atoms with Crippen molar-refractivity contribution in [1.82, 2.24) is 15.2 Å². The number of pyridine rings is 1. The van der Waals surface area contributed by atoms with Crippen molar-refractivity contribution in [2.24, 2.45) is 0 Å². The van der Waals surface area contributed by atoms with E-state index >= 15 is 0 Å². The maximum absolute atomic E-state index is 13.3. The van der Waals surface area contributed by atoms with E-state index in [2.05, 4.69) is 22.4 Å². The van der Waals surface area contributed by atoms with Gasteiger partial charge >= 0.3 is 0 Å². The van der Waals surface area contributed by atoms with Crippen LogP contribution in [-0.2, 0) is 12.8 Å². The molecule has 0 radical (unpaired) electrons. The molecule has 1 aliphatic carbocycles. The van der Waals surface area contributed by atoms with E-state index in [0.29, 0.717) is 0 Å². The van der Waals surface area contributed by atoms with Gasteiger partial charge in [-0.3, -0.25) is 9.78 Å². The summed E-state index contributed by atoms with van der Waals surface area (Å²) in [5.41, 5.74) is 2.53. The van der Waals surface area contributed by atoms with Gasteiger partial charge in [0.25, 0.3) is 5.91 Å². The molecule has 0 bridgehead atoms. The Morgan fingerprint density at radius 1 is 1.23 bits per heavy atom. The Kier molecular flexibility index (Phi) is 6.68. The highest BCUT2D eigenvalue weighted by Gasteiger charge is 2.30. The molecule has 6 heteroatoms. The number of carbonyl (C=O) groups is 1. The van der Waals surface area contributed by atoms with E-state index < -0.39 is 0 Å². The predicted molar refractivity (Wildman–Crippen MR) is 108 cm³/mol. The number of aromatic nitrogens is 1. The van der Waals surface area contributed by atoms with E-state index in [-0.39, 0.29) is 24.4 Å². The number of halogens is 1. The normalized spacial score (nSPS) is 20.5. The van der Waals surface area contributed by atoms with Gasteiger partial charge in [-0.05, 0) is 48.9 Å². The first-order chi connectivity index (χ1) is 12.3. The zero-order valence-electron chi connectivity index (χ0n) is 14.9. The third kappa shape index (κ3) is 4.11. The highest BCUT2D eigenvalue weighted by molar-refractivity contribution is 7.14. The van der Waals surface area contributed by atoms with Crippen LogP contribution in [0.4, 0.5) is 0 Å². The lowest BCUT2D eigenvalue weighted by atomic mass is 9.99. The second kappa shape index (κ2) is 8.98. The quantitative estimate of drug-likeness (QED) is 0.841. The lowest BCUT2D eigenvalue weighted by Crippen LogP contribution is -2.48. The van der Waals surface area contributed by atoms with Gasteiger partial charge in [0.15, 0.2) is 0 Å². The van der Waals surface area contributed by atoms with Crippen LogP contribution in [0.3, 0.4) is 0 Å². The monoisotopic (exact) mass is 391 g/mol. The number of aryl methyl sites for hydroxylation is 2.